The maximum absolute atomic E-state index is 13.0. The number of rotatable bonds is 7. The molecule has 1 amide bonds. The van der Waals surface area contributed by atoms with Crippen molar-refractivity contribution < 1.29 is 9.18 Å². The van der Waals surface area contributed by atoms with E-state index in [1.165, 1.54) is 12.1 Å². The van der Waals surface area contributed by atoms with Crippen LogP contribution in [0.1, 0.15) is 11.1 Å². The number of guanidine groups is 1. The van der Waals surface area contributed by atoms with Gasteiger partial charge in [-0.1, -0.05) is 35.9 Å². The molecule has 27 heavy (non-hydrogen) atoms. The van der Waals surface area contributed by atoms with Crippen LogP contribution in [0.4, 0.5) is 4.39 Å². The normalized spacial score (nSPS) is 12.5. The Morgan fingerprint density at radius 3 is 2.56 bits per heavy atom. The van der Waals surface area contributed by atoms with Gasteiger partial charge in [0.1, 0.15) is 5.82 Å². The van der Waals surface area contributed by atoms with Gasteiger partial charge >= 0.3 is 0 Å². The zero-order chi connectivity index (χ0) is 19.8. The molecular formula is C20H24ClFN4O. The molecule has 3 N–H and O–H groups in total. The van der Waals surface area contributed by atoms with Crippen LogP contribution >= 0.6 is 11.6 Å². The van der Waals surface area contributed by atoms with Gasteiger partial charge in [-0.2, -0.15) is 0 Å². The number of benzene rings is 2. The van der Waals surface area contributed by atoms with E-state index in [1.807, 2.05) is 36.2 Å². The summed E-state index contributed by atoms with van der Waals surface area (Å²) in [6, 6.07) is 13.7. The molecule has 0 spiro atoms. The summed E-state index contributed by atoms with van der Waals surface area (Å²) in [4.78, 5) is 18.0. The first-order valence-corrected chi connectivity index (χ1v) is 8.97. The van der Waals surface area contributed by atoms with Gasteiger partial charge in [0, 0.05) is 32.2 Å². The van der Waals surface area contributed by atoms with Gasteiger partial charge in [0.2, 0.25) is 5.91 Å². The number of halogens is 2. The molecule has 2 rings (SSSR count). The minimum absolute atomic E-state index is 0.310. The molecule has 0 saturated carbocycles. The number of primary amides is 1. The van der Waals surface area contributed by atoms with Crippen molar-refractivity contribution >= 4 is 23.5 Å². The van der Waals surface area contributed by atoms with Gasteiger partial charge < -0.3 is 16.0 Å². The SMILES string of the molecule is CN=C(NCC(Cc1ccc(F)cc1)C(N)=O)N(C)Cc1cccc(Cl)c1. The number of nitrogens with two attached hydrogens (primary N) is 1. The molecule has 0 aliphatic rings. The number of carbonyl (C=O) groups excluding carboxylic acids is 1. The average Bonchev–Trinajstić information content (AvgIpc) is 2.62. The number of nitrogens with zero attached hydrogens (tertiary/aromatic N) is 2. The fourth-order valence-electron chi connectivity index (χ4n) is 2.76. The first-order chi connectivity index (χ1) is 12.9. The molecule has 0 radical (unpaired) electrons. The summed E-state index contributed by atoms with van der Waals surface area (Å²) in [6.45, 7) is 0.943. The van der Waals surface area contributed by atoms with Crippen LogP contribution in [0.3, 0.4) is 0 Å². The molecule has 0 bridgehead atoms. The van der Waals surface area contributed by atoms with Crippen molar-refractivity contribution in [1.82, 2.24) is 10.2 Å². The smallest absolute Gasteiger partial charge is 0.222 e. The summed E-state index contributed by atoms with van der Waals surface area (Å²) in [5.74, 6) is -0.526. The van der Waals surface area contributed by atoms with Gasteiger partial charge in [-0.3, -0.25) is 9.79 Å². The molecule has 0 aromatic heterocycles. The Bertz CT molecular complexity index is 795. The molecule has 0 fully saturated rings. The highest BCUT2D eigenvalue weighted by atomic mass is 35.5. The van der Waals surface area contributed by atoms with Crippen LogP contribution in [0, 0.1) is 11.7 Å². The van der Waals surface area contributed by atoms with Crippen molar-refractivity contribution in [2.24, 2.45) is 16.6 Å². The summed E-state index contributed by atoms with van der Waals surface area (Å²) in [7, 11) is 3.57. The Labute approximate surface area is 164 Å². The number of nitrogens with one attached hydrogen (secondary N) is 1. The molecule has 144 valence electrons. The van der Waals surface area contributed by atoms with Crippen LogP contribution in [-0.4, -0.2) is 37.4 Å². The third kappa shape index (κ3) is 6.57. The van der Waals surface area contributed by atoms with E-state index >= 15 is 0 Å². The molecule has 2 aromatic carbocycles. The third-order valence-electron chi connectivity index (χ3n) is 4.19. The predicted molar refractivity (Wildman–Crippen MR) is 107 cm³/mol. The Kier molecular flexibility index (Phi) is 7.61. The largest absolute Gasteiger partial charge is 0.369 e. The first-order valence-electron chi connectivity index (χ1n) is 8.59. The highest BCUT2D eigenvalue weighted by Crippen LogP contribution is 2.13. The van der Waals surface area contributed by atoms with Crippen LogP contribution in [0.5, 0.6) is 0 Å². The quantitative estimate of drug-likeness (QED) is 0.564. The van der Waals surface area contributed by atoms with Crippen LogP contribution < -0.4 is 11.1 Å². The zero-order valence-electron chi connectivity index (χ0n) is 15.5. The van der Waals surface area contributed by atoms with Crippen LogP contribution in [0.15, 0.2) is 53.5 Å². The van der Waals surface area contributed by atoms with Gasteiger partial charge in [-0.05, 0) is 41.8 Å². The van der Waals surface area contributed by atoms with Crippen molar-refractivity contribution in [3.05, 3.63) is 70.5 Å². The molecule has 0 aliphatic carbocycles. The summed E-state index contributed by atoms with van der Waals surface area (Å²) in [5, 5.41) is 3.86. The van der Waals surface area contributed by atoms with Gasteiger partial charge in [0.15, 0.2) is 5.96 Å². The Morgan fingerprint density at radius 2 is 1.96 bits per heavy atom. The summed E-state index contributed by atoms with van der Waals surface area (Å²) >= 11 is 6.03. The predicted octanol–water partition coefficient (Wildman–Crippen LogP) is 2.83. The highest BCUT2D eigenvalue weighted by Gasteiger charge is 2.18. The Balaban J connectivity index is 1.97. The van der Waals surface area contributed by atoms with Crippen molar-refractivity contribution in [2.75, 3.05) is 20.6 Å². The fraction of sp³-hybridized carbons (Fsp3) is 0.300. The Morgan fingerprint density at radius 1 is 1.26 bits per heavy atom. The molecule has 0 heterocycles. The monoisotopic (exact) mass is 390 g/mol. The van der Waals surface area contributed by atoms with E-state index in [9.17, 15) is 9.18 Å². The van der Waals surface area contributed by atoms with E-state index in [0.29, 0.717) is 30.5 Å². The van der Waals surface area contributed by atoms with Crippen LogP contribution in [-0.2, 0) is 17.8 Å². The van der Waals surface area contributed by atoms with E-state index < -0.39 is 11.8 Å². The van der Waals surface area contributed by atoms with Gasteiger partial charge in [-0.15, -0.1) is 0 Å². The minimum atomic E-state index is -0.438. The molecule has 1 unspecified atom stereocenters. The second kappa shape index (κ2) is 9.92. The molecule has 0 saturated heterocycles. The van der Waals surface area contributed by atoms with Crippen molar-refractivity contribution in [3.8, 4) is 0 Å². The molecule has 5 nitrogen and oxygen atoms in total. The zero-order valence-corrected chi connectivity index (χ0v) is 16.2. The third-order valence-corrected chi connectivity index (χ3v) is 4.42. The maximum Gasteiger partial charge on any atom is 0.222 e. The first kappa shape index (κ1) is 20.7. The molecule has 2 aromatic rings. The van der Waals surface area contributed by atoms with E-state index in [2.05, 4.69) is 10.3 Å². The number of carbonyl (C=O) groups is 1. The lowest BCUT2D eigenvalue weighted by Crippen LogP contribution is -2.43. The molecule has 7 heteroatoms. The second-order valence-corrected chi connectivity index (χ2v) is 6.78. The lowest BCUT2D eigenvalue weighted by molar-refractivity contribution is -0.121. The number of hydrogen-bond acceptors (Lipinski definition) is 2. The van der Waals surface area contributed by atoms with Gasteiger partial charge in [0.25, 0.3) is 0 Å². The number of amides is 1. The second-order valence-electron chi connectivity index (χ2n) is 6.34. The lowest BCUT2D eigenvalue weighted by atomic mass is 9.98. The van der Waals surface area contributed by atoms with Gasteiger partial charge in [0.05, 0.1) is 5.92 Å². The minimum Gasteiger partial charge on any atom is -0.369 e. The van der Waals surface area contributed by atoms with Crippen LogP contribution in [0.2, 0.25) is 5.02 Å². The van der Waals surface area contributed by atoms with Crippen LogP contribution in [0.25, 0.3) is 0 Å². The van der Waals surface area contributed by atoms with E-state index in [-0.39, 0.29) is 5.82 Å². The maximum atomic E-state index is 13.0. The number of aliphatic imine (C=N–C) groups is 1. The molecule has 1 atom stereocenters. The Hall–Kier alpha value is -2.60. The van der Waals surface area contributed by atoms with E-state index in [1.54, 1.807) is 19.2 Å². The summed E-state index contributed by atoms with van der Waals surface area (Å²) in [6.07, 6.45) is 0.428. The van der Waals surface area contributed by atoms with E-state index in [0.717, 1.165) is 11.1 Å². The lowest BCUT2D eigenvalue weighted by Gasteiger charge is -2.24. The van der Waals surface area contributed by atoms with Gasteiger partial charge in [-0.25, -0.2) is 4.39 Å². The van der Waals surface area contributed by atoms with E-state index in [4.69, 9.17) is 17.3 Å². The number of hydrogen-bond donors (Lipinski definition) is 2. The summed E-state index contributed by atoms with van der Waals surface area (Å²) < 4.78 is 13.0. The average molecular weight is 391 g/mol. The van der Waals surface area contributed by atoms with Crippen molar-refractivity contribution in [2.45, 2.75) is 13.0 Å². The molecular weight excluding hydrogens is 367 g/mol. The van der Waals surface area contributed by atoms with Crippen molar-refractivity contribution in [1.29, 1.82) is 0 Å². The topological polar surface area (TPSA) is 70.7 Å². The highest BCUT2D eigenvalue weighted by molar-refractivity contribution is 6.30. The summed E-state index contributed by atoms with van der Waals surface area (Å²) in [5.41, 5.74) is 7.44. The molecule has 0 aliphatic heterocycles. The standard InChI is InChI=1S/C20H24ClFN4O/c1-24-20(26(2)13-15-4-3-5-17(21)11-15)25-12-16(19(23)27)10-14-6-8-18(22)9-7-14/h3-9,11,16H,10,12-13H2,1-2H3,(H2,23,27)(H,24,25). The fourth-order valence-corrected chi connectivity index (χ4v) is 2.97. The van der Waals surface area contributed by atoms with Crippen molar-refractivity contribution in [3.63, 3.8) is 0 Å².